The maximum atomic E-state index is 5.75. The Morgan fingerprint density at radius 3 is 2.72 bits per heavy atom. The van der Waals surface area contributed by atoms with Crippen molar-refractivity contribution in [2.24, 2.45) is 5.92 Å². The van der Waals surface area contributed by atoms with Crippen LogP contribution in [0, 0.1) is 5.92 Å². The first-order valence-corrected chi connectivity index (χ1v) is 9.77. The standard InChI is InChI=1S/C20H23N3OS/c1-13(2)11-24-15-9-7-14(8-10-15)23-19-18-16-5-3-4-6-17(16)25-20(18)22-12-21-19/h7-10,12-13H,3-6,11H2,1-2H3,(H,21,22,23). The van der Waals surface area contributed by atoms with Gasteiger partial charge in [0.2, 0.25) is 0 Å². The van der Waals surface area contributed by atoms with E-state index in [4.69, 9.17) is 4.74 Å². The molecule has 1 aliphatic carbocycles. The van der Waals surface area contributed by atoms with E-state index in [1.54, 1.807) is 6.33 Å². The Hall–Kier alpha value is -2.14. The first-order valence-electron chi connectivity index (χ1n) is 8.96. The van der Waals surface area contributed by atoms with Gasteiger partial charge in [0.15, 0.2) is 0 Å². The van der Waals surface area contributed by atoms with E-state index >= 15 is 0 Å². The minimum atomic E-state index is 0.525. The Balaban J connectivity index is 1.59. The number of aryl methyl sites for hydroxylation is 2. The summed E-state index contributed by atoms with van der Waals surface area (Å²) in [6.45, 7) is 5.04. The SMILES string of the molecule is CC(C)COc1ccc(Nc2ncnc3sc4c(c23)CCCC4)cc1. The quantitative estimate of drug-likeness (QED) is 0.672. The molecule has 0 bridgehead atoms. The number of anilines is 2. The van der Waals surface area contributed by atoms with Gasteiger partial charge in [-0.3, -0.25) is 0 Å². The summed E-state index contributed by atoms with van der Waals surface area (Å²) >= 11 is 1.83. The van der Waals surface area contributed by atoms with Gasteiger partial charge in [0.05, 0.1) is 12.0 Å². The molecule has 5 heteroatoms. The molecule has 0 saturated heterocycles. The van der Waals surface area contributed by atoms with Crippen LogP contribution in [0.1, 0.15) is 37.1 Å². The van der Waals surface area contributed by atoms with Crippen molar-refractivity contribution in [2.75, 3.05) is 11.9 Å². The van der Waals surface area contributed by atoms with Gasteiger partial charge in [-0.05, 0) is 61.4 Å². The molecule has 130 valence electrons. The third-order valence-electron chi connectivity index (χ3n) is 4.45. The lowest BCUT2D eigenvalue weighted by Gasteiger charge is -2.13. The van der Waals surface area contributed by atoms with Crippen LogP contribution in [0.2, 0.25) is 0 Å². The third-order valence-corrected chi connectivity index (χ3v) is 5.65. The van der Waals surface area contributed by atoms with E-state index in [2.05, 4.69) is 29.1 Å². The maximum absolute atomic E-state index is 5.75. The average molecular weight is 353 g/mol. The van der Waals surface area contributed by atoms with Crippen molar-refractivity contribution in [2.45, 2.75) is 39.5 Å². The van der Waals surface area contributed by atoms with Crippen molar-refractivity contribution in [3.8, 4) is 5.75 Å². The van der Waals surface area contributed by atoms with Crippen molar-refractivity contribution in [1.29, 1.82) is 0 Å². The number of benzene rings is 1. The van der Waals surface area contributed by atoms with Crippen LogP contribution in [0.4, 0.5) is 11.5 Å². The van der Waals surface area contributed by atoms with E-state index in [0.29, 0.717) is 5.92 Å². The van der Waals surface area contributed by atoms with Crippen LogP contribution in [-0.4, -0.2) is 16.6 Å². The number of nitrogens with one attached hydrogen (secondary N) is 1. The Morgan fingerprint density at radius 2 is 1.92 bits per heavy atom. The molecule has 4 nitrogen and oxygen atoms in total. The predicted octanol–water partition coefficient (Wildman–Crippen LogP) is 5.35. The Bertz CT molecular complexity index is 871. The number of aromatic nitrogens is 2. The van der Waals surface area contributed by atoms with E-state index in [-0.39, 0.29) is 0 Å². The molecule has 25 heavy (non-hydrogen) atoms. The molecule has 0 saturated carbocycles. The zero-order chi connectivity index (χ0) is 17.2. The summed E-state index contributed by atoms with van der Waals surface area (Å²) in [4.78, 5) is 11.6. The van der Waals surface area contributed by atoms with Gasteiger partial charge < -0.3 is 10.1 Å². The minimum Gasteiger partial charge on any atom is -0.493 e. The van der Waals surface area contributed by atoms with Gasteiger partial charge in [0.25, 0.3) is 0 Å². The first kappa shape index (κ1) is 16.3. The summed E-state index contributed by atoms with van der Waals surface area (Å²) in [6, 6.07) is 8.10. The fourth-order valence-electron chi connectivity index (χ4n) is 3.22. The molecule has 4 rings (SSSR count). The van der Waals surface area contributed by atoms with Gasteiger partial charge in [0, 0.05) is 10.6 Å². The van der Waals surface area contributed by atoms with Crippen LogP contribution in [0.3, 0.4) is 0 Å². The number of fused-ring (bicyclic) bond motifs is 3. The highest BCUT2D eigenvalue weighted by atomic mass is 32.1. The largest absolute Gasteiger partial charge is 0.493 e. The summed E-state index contributed by atoms with van der Waals surface area (Å²) in [5.41, 5.74) is 2.47. The molecule has 0 spiro atoms. The number of nitrogens with zero attached hydrogens (tertiary/aromatic N) is 2. The maximum Gasteiger partial charge on any atom is 0.142 e. The molecular formula is C20H23N3OS. The smallest absolute Gasteiger partial charge is 0.142 e. The van der Waals surface area contributed by atoms with Gasteiger partial charge in [-0.1, -0.05) is 13.8 Å². The molecule has 0 amide bonds. The molecule has 0 fully saturated rings. The number of hydrogen-bond acceptors (Lipinski definition) is 5. The van der Waals surface area contributed by atoms with Crippen molar-refractivity contribution >= 4 is 33.1 Å². The normalized spacial score (nSPS) is 13.9. The molecule has 2 aromatic heterocycles. The van der Waals surface area contributed by atoms with Gasteiger partial charge in [-0.2, -0.15) is 0 Å². The highest BCUT2D eigenvalue weighted by molar-refractivity contribution is 7.19. The van der Waals surface area contributed by atoms with Gasteiger partial charge in [-0.15, -0.1) is 11.3 Å². The van der Waals surface area contributed by atoms with Crippen LogP contribution < -0.4 is 10.1 Å². The third kappa shape index (κ3) is 3.47. The lowest BCUT2D eigenvalue weighted by molar-refractivity contribution is 0.271. The van der Waals surface area contributed by atoms with Crippen LogP contribution in [-0.2, 0) is 12.8 Å². The first-order chi connectivity index (χ1) is 12.2. The summed E-state index contributed by atoms with van der Waals surface area (Å²) in [5.74, 6) is 2.34. The Morgan fingerprint density at radius 1 is 1.12 bits per heavy atom. The molecule has 2 heterocycles. The van der Waals surface area contributed by atoms with Gasteiger partial charge in [-0.25, -0.2) is 9.97 Å². The topological polar surface area (TPSA) is 47.0 Å². The number of thiophene rings is 1. The predicted molar refractivity (Wildman–Crippen MR) is 104 cm³/mol. The van der Waals surface area contributed by atoms with Crippen molar-refractivity contribution < 1.29 is 4.74 Å². The molecule has 1 aliphatic rings. The summed E-state index contributed by atoms with van der Waals surface area (Å²) in [6.07, 6.45) is 6.52. The number of hydrogen-bond donors (Lipinski definition) is 1. The molecule has 0 radical (unpaired) electrons. The van der Waals surface area contributed by atoms with Crippen LogP contribution >= 0.6 is 11.3 Å². The lowest BCUT2D eigenvalue weighted by Crippen LogP contribution is -2.04. The van der Waals surface area contributed by atoms with Crippen LogP contribution in [0.25, 0.3) is 10.2 Å². The lowest BCUT2D eigenvalue weighted by atomic mass is 9.97. The van der Waals surface area contributed by atoms with E-state index < -0.39 is 0 Å². The van der Waals surface area contributed by atoms with Gasteiger partial charge >= 0.3 is 0 Å². The fraction of sp³-hybridized carbons (Fsp3) is 0.400. The molecule has 0 aliphatic heterocycles. The van der Waals surface area contributed by atoms with E-state index in [0.717, 1.165) is 35.1 Å². The van der Waals surface area contributed by atoms with E-state index in [9.17, 15) is 0 Å². The van der Waals surface area contributed by atoms with Crippen LogP contribution in [0.15, 0.2) is 30.6 Å². The Labute approximate surface area is 152 Å². The number of rotatable bonds is 5. The number of ether oxygens (including phenoxy) is 1. The molecule has 0 unspecified atom stereocenters. The fourth-order valence-corrected chi connectivity index (χ4v) is 4.45. The molecule has 3 aromatic rings. The zero-order valence-corrected chi connectivity index (χ0v) is 15.5. The molecule has 0 atom stereocenters. The second kappa shape index (κ2) is 7.00. The van der Waals surface area contributed by atoms with E-state index in [1.807, 2.05) is 35.6 Å². The summed E-state index contributed by atoms with van der Waals surface area (Å²) in [5, 5.41) is 4.69. The zero-order valence-electron chi connectivity index (χ0n) is 14.7. The molecule has 1 N–H and O–H groups in total. The van der Waals surface area contributed by atoms with Crippen molar-refractivity contribution in [3.05, 3.63) is 41.0 Å². The average Bonchev–Trinajstić information content (AvgIpc) is 3.00. The van der Waals surface area contributed by atoms with Crippen molar-refractivity contribution in [1.82, 2.24) is 9.97 Å². The molecular weight excluding hydrogens is 330 g/mol. The highest BCUT2D eigenvalue weighted by Crippen LogP contribution is 2.38. The second-order valence-corrected chi connectivity index (χ2v) is 8.05. The second-order valence-electron chi connectivity index (χ2n) is 6.97. The summed E-state index contributed by atoms with van der Waals surface area (Å²) in [7, 11) is 0. The van der Waals surface area contributed by atoms with Gasteiger partial charge in [0.1, 0.15) is 22.7 Å². The van der Waals surface area contributed by atoms with Crippen LogP contribution in [0.5, 0.6) is 5.75 Å². The highest BCUT2D eigenvalue weighted by Gasteiger charge is 2.19. The van der Waals surface area contributed by atoms with E-state index in [1.165, 1.54) is 35.1 Å². The molecule has 1 aromatic carbocycles. The minimum absolute atomic E-state index is 0.525. The summed E-state index contributed by atoms with van der Waals surface area (Å²) < 4.78 is 5.75. The monoisotopic (exact) mass is 353 g/mol. The Kier molecular flexibility index (Phi) is 4.57. The van der Waals surface area contributed by atoms with Crippen molar-refractivity contribution in [3.63, 3.8) is 0 Å².